The summed E-state index contributed by atoms with van der Waals surface area (Å²) in [5.41, 5.74) is 1.35. The van der Waals surface area contributed by atoms with Gasteiger partial charge in [0.2, 0.25) is 5.88 Å². The van der Waals surface area contributed by atoms with E-state index < -0.39 is 4.92 Å². The van der Waals surface area contributed by atoms with E-state index in [4.69, 9.17) is 4.52 Å². The van der Waals surface area contributed by atoms with Crippen LogP contribution in [-0.4, -0.2) is 16.0 Å². The molecule has 1 heterocycles. The number of nitrogens with zero attached hydrogens (tertiary/aromatic N) is 2. The number of aromatic nitrogens is 1. The fourth-order valence-corrected chi connectivity index (χ4v) is 1.46. The number of amides is 1. The molecule has 20 heavy (non-hydrogen) atoms. The second-order valence-electron chi connectivity index (χ2n) is 4.00. The maximum atomic E-state index is 11.6. The summed E-state index contributed by atoms with van der Waals surface area (Å²) in [4.78, 5) is 21.6. The summed E-state index contributed by atoms with van der Waals surface area (Å²) in [5.74, 6) is -0.111. The average molecular weight is 273 g/mol. The third-order valence-electron chi connectivity index (χ3n) is 2.41. The van der Waals surface area contributed by atoms with Crippen molar-refractivity contribution in [1.82, 2.24) is 5.16 Å². The van der Waals surface area contributed by atoms with Crippen LogP contribution in [0.5, 0.6) is 0 Å². The number of nitro groups is 1. The molecule has 7 heteroatoms. The predicted octanol–water partition coefficient (Wildman–Crippen LogP) is 2.54. The SMILES string of the molecule is Cc1cc(NC(=O)/C=C\c2ccc([N+](=O)[O-])cc2)on1. The van der Waals surface area contributed by atoms with E-state index in [2.05, 4.69) is 10.5 Å². The first-order valence-corrected chi connectivity index (χ1v) is 5.71. The fraction of sp³-hybridized carbons (Fsp3) is 0.0769. The van der Waals surface area contributed by atoms with Gasteiger partial charge in [0.15, 0.2) is 0 Å². The Bertz CT molecular complexity index is 659. The van der Waals surface area contributed by atoms with E-state index in [9.17, 15) is 14.9 Å². The van der Waals surface area contributed by atoms with Crippen molar-refractivity contribution in [1.29, 1.82) is 0 Å². The van der Waals surface area contributed by atoms with Crippen molar-refractivity contribution in [2.75, 3.05) is 5.32 Å². The number of nitro benzene ring substituents is 1. The lowest BCUT2D eigenvalue weighted by molar-refractivity contribution is -0.384. The Morgan fingerprint density at radius 2 is 2.10 bits per heavy atom. The molecular formula is C13H11N3O4. The summed E-state index contributed by atoms with van der Waals surface area (Å²) in [6.45, 7) is 1.74. The number of rotatable bonds is 4. The maximum absolute atomic E-state index is 11.6. The molecule has 0 saturated carbocycles. The van der Waals surface area contributed by atoms with Crippen LogP contribution in [0.3, 0.4) is 0 Å². The van der Waals surface area contributed by atoms with Crippen molar-refractivity contribution in [3.05, 3.63) is 57.8 Å². The zero-order valence-corrected chi connectivity index (χ0v) is 10.6. The fourth-order valence-electron chi connectivity index (χ4n) is 1.46. The van der Waals surface area contributed by atoms with E-state index in [0.717, 1.165) is 0 Å². The van der Waals surface area contributed by atoms with Gasteiger partial charge in [-0.05, 0) is 30.7 Å². The molecule has 0 unspecified atom stereocenters. The summed E-state index contributed by atoms with van der Waals surface area (Å²) in [6.07, 6.45) is 2.85. The number of carbonyl (C=O) groups excluding carboxylic acids is 1. The lowest BCUT2D eigenvalue weighted by Gasteiger charge is -1.95. The zero-order valence-electron chi connectivity index (χ0n) is 10.6. The van der Waals surface area contributed by atoms with E-state index in [1.54, 1.807) is 31.2 Å². The Hall–Kier alpha value is -2.96. The molecule has 1 aromatic carbocycles. The van der Waals surface area contributed by atoms with Crippen LogP contribution in [0.25, 0.3) is 6.08 Å². The largest absolute Gasteiger partial charge is 0.338 e. The maximum Gasteiger partial charge on any atom is 0.269 e. The second-order valence-corrected chi connectivity index (χ2v) is 4.00. The highest BCUT2D eigenvalue weighted by atomic mass is 16.6. The van der Waals surface area contributed by atoms with Crippen LogP contribution in [-0.2, 0) is 4.79 Å². The molecule has 102 valence electrons. The Kier molecular flexibility index (Phi) is 3.90. The van der Waals surface area contributed by atoms with Crippen LogP contribution in [0.1, 0.15) is 11.3 Å². The number of carbonyl (C=O) groups is 1. The topological polar surface area (TPSA) is 98.3 Å². The minimum atomic E-state index is -0.480. The number of hydrogen-bond acceptors (Lipinski definition) is 5. The molecule has 0 aliphatic carbocycles. The molecule has 0 spiro atoms. The van der Waals surface area contributed by atoms with E-state index in [1.165, 1.54) is 18.2 Å². The van der Waals surface area contributed by atoms with Gasteiger partial charge in [-0.15, -0.1) is 0 Å². The predicted molar refractivity (Wildman–Crippen MR) is 72.0 cm³/mol. The highest BCUT2D eigenvalue weighted by Crippen LogP contribution is 2.13. The van der Waals surface area contributed by atoms with Gasteiger partial charge in [-0.25, -0.2) is 0 Å². The van der Waals surface area contributed by atoms with Crippen molar-refractivity contribution in [3.8, 4) is 0 Å². The van der Waals surface area contributed by atoms with E-state index in [-0.39, 0.29) is 17.5 Å². The highest BCUT2D eigenvalue weighted by molar-refractivity contribution is 6.01. The van der Waals surface area contributed by atoms with Crippen molar-refractivity contribution in [2.45, 2.75) is 6.92 Å². The van der Waals surface area contributed by atoms with Crippen LogP contribution in [0.2, 0.25) is 0 Å². The van der Waals surface area contributed by atoms with Crippen molar-refractivity contribution in [3.63, 3.8) is 0 Å². The molecule has 0 bridgehead atoms. The van der Waals surface area contributed by atoms with E-state index >= 15 is 0 Å². The third kappa shape index (κ3) is 3.52. The Morgan fingerprint density at radius 3 is 2.65 bits per heavy atom. The number of anilines is 1. The Balaban J connectivity index is 1.98. The zero-order chi connectivity index (χ0) is 14.5. The molecule has 1 aromatic heterocycles. The van der Waals surface area contributed by atoms with Gasteiger partial charge in [0.05, 0.1) is 10.6 Å². The minimum absolute atomic E-state index is 0.00346. The molecule has 7 nitrogen and oxygen atoms in total. The monoisotopic (exact) mass is 273 g/mol. The number of nitrogens with one attached hydrogen (secondary N) is 1. The molecule has 0 saturated heterocycles. The normalized spacial score (nSPS) is 10.7. The summed E-state index contributed by atoms with van der Waals surface area (Å²) in [6, 6.07) is 7.45. The molecule has 2 aromatic rings. The van der Waals surface area contributed by atoms with Gasteiger partial charge in [0, 0.05) is 24.3 Å². The van der Waals surface area contributed by atoms with E-state index in [1.807, 2.05) is 0 Å². The van der Waals surface area contributed by atoms with Gasteiger partial charge in [-0.1, -0.05) is 5.16 Å². The number of hydrogen-bond donors (Lipinski definition) is 1. The molecule has 0 fully saturated rings. The molecular weight excluding hydrogens is 262 g/mol. The third-order valence-corrected chi connectivity index (χ3v) is 2.41. The summed E-state index contributed by atoms with van der Waals surface area (Å²) >= 11 is 0. The van der Waals surface area contributed by atoms with Crippen molar-refractivity contribution >= 4 is 23.6 Å². The number of benzene rings is 1. The molecule has 2 rings (SSSR count). The first-order valence-electron chi connectivity index (χ1n) is 5.71. The van der Waals surface area contributed by atoms with Crippen LogP contribution in [0, 0.1) is 17.0 Å². The van der Waals surface area contributed by atoms with Crippen LogP contribution in [0.4, 0.5) is 11.6 Å². The number of non-ortho nitro benzene ring substituents is 1. The lowest BCUT2D eigenvalue weighted by atomic mass is 10.2. The summed E-state index contributed by atoms with van der Waals surface area (Å²) in [7, 11) is 0. The molecule has 1 amide bonds. The summed E-state index contributed by atoms with van der Waals surface area (Å²) < 4.78 is 4.84. The van der Waals surface area contributed by atoms with Crippen molar-refractivity contribution in [2.24, 2.45) is 0 Å². The van der Waals surface area contributed by atoms with E-state index in [0.29, 0.717) is 11.3 Å². The van der Waals surface area contributed by atoms with Gasteiger partial charge in [-0.2, -0.15) is 0 Å². The molecule has 0 aliphatic rings. The average Bonchev–Trinajstić information content (AvgIpc) is 2.82. The van der Waals surface area contributed by atoms with Gasteiger partial charge in [0.1, 0.15) is 0 Å². The Morgan fingerprint density at radius 1 is 1.40 bits per heavy atom. The molecule has 1 N–H and O–H groups in total. The quantitative estimate of drug-likeness (QED) is 0.524. The molecule has 0 aliphatic heterocycles. The first kappa shape index (κ1) is 13.5. The number of aryl methyl sites for hydroxylation is 1. The summed E-state index contributed by atoms with van der Waals surface area (Å²) in [5, 5.41) is 16.6. The van der Waals surface area contributed by atoms with Crippen LogP contribution in [0.15, 0.2) is 40.9 Å². The van der Waals surface area contributed by atoms with Crippen molar-refractivity contribution < 1.29 is 14.2 Å². The van der Waals surface area contributed by atoms with Gasteiger partial charge in [-0.3, -0.25) is 20.2 Å². The van der Waals surface area contributed by atoms with Crippen LogP contribution < -0.4 is 5.32 Å². The first-order chi connectivity index (χ1) is 9.54. The van der Waals surface area contributed by atoms with Gasteiger partial charge < -0.3 is 4.52 Å². The van der Waals surface area contributed by atoms with Gasteiger partial charge in [0.25, 0.3) is 11.6 Å². The Labute approximate surface area is 114 Å². The smallest absolute Gasteiger partial charge is 0.269 e. The molecule has 0 radical (unpaired) electrons. The highest BCUT2D eigenvalue weighted by Gasteiger charge is 2.04. The standard InChI is InChI=1S/C13H11N3O4/c1-9-8-13(20-15-9)14-12(17)7-4-10-2-5-11(6-3-10)16(18)19/h2-8H,1H3,(H,14,17)/b7-4-. The van der Waals surface area contributed by atoms with Crippen LogP contribution >= 0.6 is 0 Å². The lowest BCUT2D eigenvalue weighted by Crippen LogP contribution is -2.06. The van der Waals surface area contributed by atoms with Gasteiger partial charge >= 0.3 is 0 Å². The molecule has 0 atom stereocenters. The minimum Gasteiger partial charge on any atom is -0.338 e. The second kappa shape index (κ2) is 5.79.